The van der Waals surface area contributed by atoms with Crippen molar-refractivity contribution in [2.24, 2.45) is 5.92 Å². The van der Waals surface area contributed by atoms with Gasteiger partial charge in [0.15, 0.2) is 5.79 Å². The number of hydrogen-bond acceptors (Lipinski definition) is 3. The van der Waals surface area contributed by atoms with Gasteiger partial charge in [0.1, 0.15) is 0 Å². The third-order valence-corrected chi connectivity index (χ3v) is 3.87. The van der Waals surface area contributed by atoms with Gasteiger partial charge in [-0.1, -0.05) is 38.1 Å². The monoisotopic (exact) mass is 291 g/mol. The third kappa shape index (κ3) is 5.10. The van der Waals surface area contributed by atoms with E-state index >= 15 is 0 Å². The molecule has 21 heavy (non-hydrogen) atoms. The Balaban J connectivity index is 1.87. The molecule has 0 saturated carbocycles. The lowest BCUT2D eigenvalue weighted by Gasteiger charge is -2.36. The highest BCUT2D eigenvalue weighted by Crippen LogP contribution is 2.20. The Hall–Kier alpha value is -0.900. The molecule has 3 nitrogen and oxygen atoms in total. The number of nitrogens with one attached hydrogen (secondary N) is 1. The summed E-state index contributed by atoms with van der Waals surface area (Å²) in [7, 11) is 0. The van der Waals surface area contributed by atoms with E-state index in [0.29, 0.717) is 25.2 Å². The quantitative estimate of drug-likeness (QED) is 0.897. The zero-order valence-corrected chi connectivity index (χ0v) is 14.0. The normalized spacial score (nSPS) is 20.7. The highest BCUT2D eigenvalue weighted by Gasteiger charge is 2.28. The highest BCUT2D eigenvalue weighted by molar-refractivity contribution is 5.25. The zero-order chi connectivity index (χ0) is 15.5. The van der Waals surface area contributed by atoms with Crippen LogP contribution in [0.1, 0.15) is 51.8 Å². The topological polar surface area (TPSA) is 30.5 Å². The second-order valence-corrected chi connectivity index (χ2v) is 6.95. The van der Waals surface area contributed by atoms with Crippen LogP contribution < -0.4 is 5.32 Å². The molecular weight excluding hydrogens is 262 g/mol. The van der Waals surface area contributed by atoms with Crippen molar-refractivity contribution in [1.82, 2.24) is 5.32 Å². The second kappa shape index (κ2) is 6.91. The first-order valence-corrected chi connectivity index (χ1v) is 7.98. The molecule has 1 fully saturated rings. The Morgan fingerprint density at radius 3 is 2.19 bits per heavy atom. The molecular formula is C18H29NO2. The maximum absolute atomic E-state index is 5.69. The molecule has 1 unspecified atom stereocenters. The van der Waals surface area contributed by atoms with Gasteiger partial charge in [0, 0.05) is 6.04 Å². The molecule has 0 spiro atoms. The van der Waals surface area contributed by atoms with Crippen molar-refractivity contribution in [3.8, 4) is 0 Å². The average Bonchev–Trinajstić information content (AvgIpc) is 2.41. The van der Waals surface area contributed by atoms with Crippen LogP contribution in [0.4, 0.5) is 0 Å². The molecule has 0 aliphatic carbocycles. The van der Waals surface area contributed by atoms with Crippen molar-refractivity contribution in [3.63, 3.8) is 0 Å². The van der Waals surface area contributed by atoms with Crippen molar-refractivity contribution >= 4 is 0 Å². The van der Waals surface area contributed by atoms with Gasteiger partial charge in [-0.2, -0.15) is 0 Å². The van der Waals surface area contributed by atoms with Gasteiger partial charge in [-0.05, 0) is 44.2 Å². The summed E-state index contributed by atoms with van der Waals surface area (Å²) in [5.41, 5.74) is 2.72. The van der Waals surface area contributed by atoms with E-state index in [0.717, 1.165) is 6.42 Å². The number of hydrogen-bond donors (Lipinski definition) is 1. The molecule has 1 aromatic rings. The summed E-state index contributed by atoms with van der Waals surface area (Å²) in [6.07, 6.45) is 1.14. The smallest absolute Gasteiger partial charge is 0.162 e. The minimum Gasteiger partial charge on any atom is -0.349 e. The molecule has 0 aromatic heterocycles. The van der Waals surface area contributed by atoms with Crippen LogP contribution in [-0.4, -0.2) is 25.0 Å². The van der Waals surface area contributed by atoms with Gasteiger partial charge in [0.05, 0.1) is 19.3 Å². The van der Waals surface area contributed by atoms with Gasteiger partial charge in [-0.25, -0.2) is 0 Å². The summed E-state index contributed by atoms with van der Waals surface area (Å²) in [6, 6.07) is 9.49. The lowest BCUT2D eigenvalue weighted by atomic mass is 9.99. The fourth-order valence-corrected chi connectivity index (χ4v) is 2.65. The molecule has 1 aliphatic heterocycles. The standard InChI is InChI=1S/C18H29NO2/c1-13(2)10-15-6-8-16(9-7-15)14(3)19-17-11-20-18(4,5)21-12-17/h6-9,13-14,17,19H,10-12H2,1-5H3. The fraction of sp³-hybridized carbons (Fsp3) is 0.667. The molecule has 0 radical (unpaired) electrons. The molecule has 1 N–H and O–H groups in total. The summed E-state index contributed by atoms with van der Waals surface area (Å²) in [6.45, 7) is 12.0. The Bertz CT molecular complexity index is 429. The van der Waals surface area contributed by atoms with Gasteiger partial charge in [0.25, 0.3) is 0 Å². The van der Waals surface area contributed by atoms with Crippen molar-refractivity contribution in [1.29, 1.82) is 0 Å². The van der Waals surface area contributed by atoms with E-state index in [2.05, 4.69) is 50.4 Å². The van der Waals surface area contributed by atoms with Crippen LogP contribution in [0.2, 0.25) is 0 Å². The lowest BCUT2D eigenvalue weighted by molar-refractivity contribution is -0.253. The van der Waals surface area contributed by atoms with Gasteiger partial charge in [-0.3, -0.25) is 0 Å². The fourth-order valence-electron chi connectivity index (χ4n) is 2.65. The first-order valence-electron chi connectivity index (χ1n) is 7.98. The SMILES string of the molecule is CC(C)Cc1ccc(C(C)NC2COC(C)(C)OC2)cc1. The van der Waals surface area contributed by atoms with Gasteiger partial charge < -0.3 is 14.8 Å². The molecule has 1 saturated heterocycles. The molecule has 1 atom stereocenters. The summed E-state index contributed by atoms with van der Waals surface area (Å²) in [5.74, 6) is 0.256. The summed E-state index contributed by atoms with van der Waals surface area (Å²) >= 11 is 0. The summed E-state index contributed by atoms with van der Waals surface area (Å²) < 4.78 is 11.4. The van der Waals surface area contributed by atoms with Gasteiger partial charge in [0.2, 0.25) is 0 Å². The number of rotatable bonds is 5. The van der Waals surface area contributed by atoms with E-state index in [9.17, 15) is 0 Å². The number of benzene rings is 1. The molecule has 2 rings (SSSR count). The molecule has 0 bridgehead atoms. The van der Waals surface area contributed by atoms with Gasteiger partial charge in [-0.15, -0.1) is 0 Å². The summed E-state index contributed by atoms with van der Waals surface area (Å²) in [4.78, 5) is 0. The van der Waals surface area contributed by atoms with E-state index in [4.69, 9.17) is 9.47 Å². The second-order valence-electron chi connectivity index (χ2n) is 6.95. The van der Waals surface area contributed by atoms with Crippen molar-refractivity contribution in [2.75, 3.05) is 13.2 Å². The maximum Gasteiger partial charge on any atom is 0.162 e. The van der Waals surface area contributed by atoms with E-state index < -0.39 is 5.79 Å². The first kappa shape index (κ1) is 16.5. The van der Waals surface area contributed by atoms with Crippen LogP contribution in [0.3, 0.4) is 0 Å². The minimum atomic E-state index is -0.445. The largest absolute Gasteiger partial charge is 0.349 e. The molecule has 1 aromatic carbocycles. The van der Waals surface area contributed by atoms with Crippen molar-refractivity contribution < 1.29 is 9.47 Å². The van der Waals surface area contributed by atoms with Crippen molar-refractivity contribution in [3.05, 3.63) is 35.4 Å². The zero-order valence-electron chi connectivity index (χ0n) is 14.0. The first-order chi connectivity index (χ1) is 9.85. The number of ether oxygens (including phenoxy) is 2. The van der Waals surface area contributed by atoms with E-state index in [1.54, 1.807) is 0 Å². The minimum absolute atomic E-state index is 0.253. The van der Waals surface area contributed by atoms with Crippen LogP contribution in [0.25, 0.3) is 0 Å². The van der Waals surface area contributed by atoms with E-state index in [-0.39, 0.29) is 6.04 Å². The predicted molar refractivity (Wildman–Crippen MR) is 86.3 cm³/mol. The van der Waals surface area contributed by atoms with E-state index in [1.807, 2.05) is 13.8 Å². The molecule has 1 aliphatic rings. The van der Waals surface area contributed by atoms with E-state index in [1.165, 1.54) is 11.1 Å². The third-order valence-electron chi connectivity index (χ3n) is 3.87. The van der Waals surface area contributed by atoms with Gasteiger partial charge >= 0.3 is 0 Å². The molecule has 1 heterocycles. The Labute approximate surface area is 129 Å². The Morgan fingerprint density at radius 1 is 1.10 bits per heavy atom. The van der Waals surface area contributed by atoms with Crippen LogP contribution in [0.15, 0.2) is 24.3 Å². The predicted octanol–water partition coefficient (Wildman–Crippen LogP) is 3.69. The van der Waals surface area contributed by atoms with Crippen molar-refractivity contribution in [2.45, 2.75) is 58.9 Å². The average molecular weight is 291 g/mol. The summed E-state index contributed by atoms with van der Waals surface area (Å²) in [5, 5.41) is 3.58. The highest BCUT2D eigenvalue weighted by atomic mass is 16.7. The maximum atomic E-state index is 5.69. The molecule has 3 heteroatoms. The van der Waals surface area contributed by atoms with Crippen LogP contribution in [-0.2, 0) is 15.9 Å². The Morgan fingerprint density at radius 2 is 1.67 bits per heavy atom. The van der Waals surface area contributed by atoms with Crippen LogP contribution >= 0.6 is 0 Å². The van der Waals surface area contributed by atoms with Crippen LogP contribution in [0.5, 0.6) is 0 Å². The Kier molecular flexibility index (Phi) is 5.42. The molecule has 0 amide bonds. The van der Waals surface area contributed by atoms with Crippen LogP contribution in [0, 0.1) is 5.92 Å². The lowest BCUT2D eigenvalue weighted by Crippen LogP contribution is -2.49. The molecule has 118 valence electrons.